The number of aromatic nitrogens is 2. The van der Waals surface area contributed by atoms with Gasteiger partial charge in [-0.3, -0.25) is 4.79 Å². The number of benzene rings is 1. The largest absolute Gasteiger partial charge is 0.480 e. The summed E-state index contributed by atoms with van der Waals surface area (Å²) in [5, 5.41) is 0.940. The maximum atomic E-state index is 13.2. The molecule has 0 spiro atoms. The number of hydrogen-bond donors (Lipinski definition) is 1. The number of aromatic amines is 1. The average Bonchev–Trinajstić information content (AvgIpc) is 3.19. The SMILES string of the molecule is COc1nc2[nH]ccc2c(C)c1C(=O)N1CCC(Cc2ccc(F)cc2)CC1. The van der Waals surface area contributed by atoms with Crippen molar-refractivity contribution in [3.63, 3.8) is 0 Å². The van der Waals surface area contributed by atoms with Crippen LogP contribution in [0.25, 0.3) is 11.0 Å². The number of H-pyrrole nitrogens is 1. The minimum atomic E-state index is -0.207. The molecule has 1 aliphatic heterocycles. The van der Waals surface area contributed by atoms with E-state index in [0.29, 0.717) is 30.5 Å². The Morgan fingerprint density at radius 2 is 1.96 bits per heavy atom. The van der Waals surface area contributed by atoms with Gasteiger partial charge < -0.3 is 14.6 Å². The molecule has 0 aliphatic carbocycles. The molecule has 146 valence electrons. The van der Waals surface area contributed by atoms with Crippen molar-refractivity contribution in [1.29, 1.82) is 0 Å². The van der Waals surface area contributed by atoms with Gasteiger partial charge in [0, 0.05) is 24.7 Å². The second-order valence-corrected chi connectivity index (χ2v) is 7.43. The fourth-order valence-corrected chi connectivity index (χ4v) is 4.06. The van der Waals surface area contributed by atoms with Crippen LogP contribution in [0.15, 0.2) is 36.5 Å². The maximum absolute atomic E-state index is 13.2. The molecule has 5 nitrogen and oxygen atoms in total. The summed E-state index contributed by atoms with van der Waals surface area (Å²) in [5.74, 6) is 0.639. The van der Waals surface area contributed by atoms with Gasteiger partial charge in [-0.25, -0.2) is 4.39 Å². The van der Waals surface area contributed by atoms with Gasteiger partial charge in [-0.15, -0.1) is 0 Å². The highest BCUT2D eigenvalue weighted by molar-refractivity contribution is 6.02. The van der Waals surface area contributed by atoms with E-state index >= 15 is 0 Å². The smallest absolute Gasteiger partial charge is 0.259 e. The predicted octanol–water partition coefficient (Wildman–Crippen LogP) is 4.11. The summed E-state index contributed by atoms with van der Waals surface area (Å²) >= 11 is 0. The Morgan fingerprint density at radius 3 is 2.64 bits per heavy atom. The molecule has 6 heteroatoms. The van der Waals surface area contributed by atoms with Gasteiger partial charge in [0.05, 0.1) is 7.11 Å². The Bertz CT molecular complexity index is 989. The van der Waals surface area contributed by atoms with E-state index in [0.717, 1.165) is 41.4 Å². The minimum absolute atomic E-state index is 0.0230. The number of hydrogen-bond acceptors (Lipinski definition) is 3. The van der Waals surface area contributed by atoms with Crippen LogP contribution in [0.3, 0.4) is 0 Å². The lowest BCUT2D eigenvalue weighted by atomic mass is 9.90. The fourth-order valence-electron chi connectivity index (χ4n) is 4.06. The number of pyridine rings is 1. The first kappa shape index (κ1) is 18.5. The number of carbonyl (C=O) groups excluding carboxylic acids is 1. The predicted molar refractivity (Wildman–Crippen MR) is 106 cm³/mol. The summed E-state index contributed by atoms with van der Waals surface area (Å²) in [4.78, 5) is 22.6. The van der Waals surface area contributed by atoms with Gasteiger partial charge in [-0.05, 0) is 61.4 Å². The molecule has 2 aromatic heterocycles. The van der Waals surface area contributed by atoms with Crippen LogP contribution in [-0.2, 0) is 6.42 Å². The van der Waals surface area contributed by atoms with E-state index in [1.165, 1.54) is 12.1 Å². The lowest BCUT2D eigenvalue weighted by Gasteiger charge is -2.32. The zero-order chi connectivity index (χ0) is 19.7. The van der Waals surface area contributed by atoms with E-state index in [1.54, 1.807) is 7.11 Å². The van der Waals surface area contributed by atoms with E-state index in [-0.39, 0.29) is 11.7 Å². The molecule has 0 unspecified atom stereocenters. The first-order valence-electron chi connectivity index (χ1n) is 9.62. The first-order chi connectivity index (χ1) is 13.6. The van der Waals surface area contributed by atoms with Crippen LogP contribution in [-0.4, -0.2) is 41.0 Å². The van der Waals surface area contributed by atoms with Gasteiger partial charge in [0.2, 0.25) is 5.88 Å². The van der Waals surface area contributed by atoms with Crippen molar-refractivity contribution in [2.75, 3.05) is 20.2 Å². The van der Waals surface area contributed by atoms with Crippen molar-refractivity contribution in [3.05, 3.63) is 59.0 Å². The second kappa shape index (κ2) is 7.62. The summed E-state index contributed by atoms with van der Waals surface area (Å²) in [5.41, 5.74) is 3.31. The molecule has 3 aromatic rings. The summed E-state index contributed by atoms with van der Waals surface area (Å²) in [7, 11) is 1.54. The standard InChI is InChI=1S/C22H24FN3O2/c1-14-18-7-10-24-20(18)25-21(28-2)19(14)22(27)26-11-8-16(9-12-26)13-15-3-5-17(23)6-4-15/h3-7,10,16H,8-9,11-13H2,1-2H3,(H,24,25). The summed E-state index contributed by atoms with van der Waals surface area (Å²) in [6.07, 6.45) is 4.61. The van der Waals surface area contributed by atoms with E-state index in [9.17, 15) is 9.18 Å². The number of likely N-dealkylation sites (tertiary alicyclic amines) is 1. The highest BCUT2D eigenvalue weighted by Crippen LogP contribution is 2.30. The molecule has 28 heavy (non-hydrogen) atoms. The summed E-state index contributed by atoms with van der Waals surface area (Å²) < 4.78 is 18.5. The topological polar surface area (TPSA) is 58.2 Å². The van der Waals surface area contributed by atoms with Crippen LogP contribution in [0.2, 0.25) is 0 Å². The van der Waals surface area contributed by atoms with E-state index in [4.69, 9.17) is 4.74 Å². The number of piperidine rings is 1. The van der Waals surface area contributed by atoms with Gasteiger partial charge in [0.25, 0.3) is 5.91 Å². The molecule has 1 aromatic carbocycles. The molecule has 4 rings (SSSR count). The van der Waals surface area contributed by atoms with Crippen LogP contribution in [0.5, 0.6) is 5.88 Å². The summed E-state index contributed by atoms with van der Waals surface area (Å²) in [6, 6.07) is 8.64. The normalized spacial score (nSPS) is 15.2. The average molecular weight is 381 g/mol. The number of nitrogens with zero attached hydrogens (tertiary/aromatic N) is 2. The Labute approximate surface area is 163 Å². The lowest BCUT2D eigenvalue weighted by molar-refractivity contribution is 0.0686. The quantitative estimate of drug-likeness (QED) is 0.740. The van der Waals surface area contributed by atoms with Crippen molar-refractivity contribution in [3.8, 4) is 5.88 Å². The Balaban J connectivity index is 1.47. The number of amides is 1. The zero-order valence-electron chi connectivity index (χ0n) is 16.2. The molecular formula is C22H24FN3O2. The number of fused-ring (bicyclic) bond motifs is 1. The molecule has 0 radical (unpaired) electrons. The van der Waals surface area contributed by atoms with Crippen LogP contribution in [0, 0.1) is 18.7 Å². The molecule has 0 bridgehead atoms. The third kappa shape index (κ3) is 3.46. The Kier molecular flexibility index (Phi) is 5.03. The van der Waals surface area contributed by atoms with Crippen molar-refractivity contribution < 1.29 is 13.9 Å². The molecule has 1 aliphatic rings. The summed E-state index contributed by atoms with van der Waals surface area (Å²) in [6.45, 7) is 3.35. The highest BCUT2D eigenvalue weighted by Gasteiger charge is 2.28. The van der Waals surface area contributed by atoms with Gasteiger partial charge in [-0.2, -0.15) is 4.98 Å². The van der Waals surface area contributed by atoms with Crippen molar-refractivity contribution in [2.45, 2.75) is 26.2 Å². The fraction of sp³-hybridized carbons (Fsp3) is 0.364. The van der Waals surface area contributed by atoms with Gasteiger partial charge in [-0.1, -0.05) is 12.1 Å². The zero-order valence-corrected chi connectivity index (χ0v) is 16.2. The monoisotopic (exact) mass is 381 g/mol. The Hall–Kier alpha value is -2.89. The number of ether oxygens (including phenoxy) is 1. The van der Waals surface area contributed by atoms with E-state index in [2.05, 4.69) is 9.97 Å². The van der Waals surface area contributed by atoms with Crippen molar-refractivity contribution in [2.24, 2.45) is 5.92 Å². The van der Waals surface area contributed by atoms with Crippen molar-refractivity contribution in [1.82, 2.24) is 14.9 Å². The number of rotatable bonds is 4. The van der Waals surface area contributed by atoms with Crippen LogP contribution in [0.1, 0.15) is 34.3 Å². The molecular weight excluding hydrogens is 357 g/mol. The lowest BCUT2D eigenvalue weighted by Crippen LogP contribution is -2.39. The molecule has 1 fully saturated rings. The van der Waals surface area contributed by atoms with E-state index < -0.39 is 0 Å². The molecule has 0 atom stereocenters. The third-order valence-electron chi connectivity index (χ3n) is 5.68. The van der Waals surface area contributed by atoms with Crippen molar-refractivity contribution >= 4 is 16.9 Å². The number of carbonyl (C=O) groups is 1. The number of nitrogens with one attached hydrogen (secondary N) is 1. The molecule has 1 saturated heterocycles. The molecule has 1 amide bonds. The molecule has 3 heterocycles. The maximum Gasteiger partial charge on any atom is 0.259 e. The number of methoxy groups -OCH3 is 1. The van der Waals surface area contributed by atoms with Crippen LogP contribution < -0.4 is 4.74 Å². The molecule has 0 saturated carbocycles. The van der Waals surface area contributed by atoms with Crippen LogP contribution in [0.4, 0.5) is 4.39 Å². The van der Waals surface area contributed by atoms with Gasteiger partial charge >= 0.3 is 0 Å². The van der Waals surface area contributed by atoms with Gasteiger partial charge in [0.15, 0.2) is 0 Å². The number of halogens is 1. The third-order valence-corrected chi connectivity index (χ3v) is 5.68. The minimum Gasteiger partial charge on any atom is -0.480 e. The molecule has 1 N–H and O–H groups in total. The van der Waals surface area contributed by atoms with Gasteiger partial charge in [0.1, 0.15) is 17.0 Å². The second-order valence-electron chi connectivity index (χ2n) is 7.43. The highest BCUT2D eigenvalue weighted by atomic mass is 19.1. The Morgan fingerprint density at radius 1 is 1.25 bits per heavy atom. The van der Waals surface area contributed by atoms with E-state index in [1.807, 2.05) is 36.2 Å². The number of aryl methyl sites for hydroxylation is 1. The first-order valence-corrected chi connectivity index (χ1v) is 9.62. The van der Waals surface area contributed by atoms with Crippen LogP contribution >= 0.6 is 0 Å².